The number of aryl methyl sites for hydroxylation is 2. The molecule has 0 radical (unpaired) electrons. The van der Waals surface area contributed by atoms with Crippen LogP contribution >= 0.6 is 0 Å². The Morgan fingerprint density at radius 1 is 1.29 bits per heavy atom. The van der Waals surface area contributed by atoms with Gasteiger partial charge < -0.3 is 16.0 Å². The van der Waals surface area contributed by atoms with E-state index in [1.165, 1.54) is 5.56 Å². The molecule has 5 heteroatoms. The van der Waals surface area contributed by atoms with Crippen LogP contribution in [0.3, 0.4) is 0 Å². The van der Waals surface area contributed by atoms with E-state index in [4.69, 9.17) is 5.73 Å². The van der Waals surface area contributed by atoms with E-state index >= 15 is 0 Å². The summed E-state index contributed by atoms with van der Waals surface area (Å²) in [5.74, 6) is 0.117. The lowest BCUT2D eigenvalue weighted by atomic mass is 9.98. The lowest BCUT2D eigenvalue weighted by Gasteiger charge is -2.36. The summed E-state index contributed by atoms with van der Waals surface area (Å²) in [5.41, 5.74) is 8.82. The molecule has 1 heterocycles. The van der Waals surface area contributed by atoms with Crippen molar-refractivity contribution in [1.29, 1.82) is 0 Å². The first-order valence-electron chi connectivity index (χ1n) is 8.83. The highest BCUT2D eigenvalue weighted by Crippen LogP contribution is 2.19. The molecule has 5 nitrogen and oxygen atoms in total. The van der Waals surface area contributed by atoms with E-state index in [2.05, 4.69) is 23.5 Å². The minimum Gasteiger partial charge on any atom is -0.354 e. The molecule has 0 aromatic heterocycles. The van der Waals surface area contributed by atoms with E-state index < -0.39 is 0 Å². The Bertz CT molecular complexity index is 586. The topological polar surface area (TPSA) is 75.4 Å². The maximum absolute atomic E-state index is 12.8. The van der Waals surface area contributed by atoms with Crippen LogP contribution in [0.2, 0.25) is 0 Å². The Labute approximate surface area is 144 Å². The number of piperidine rings is 1. The summed E-state index contributed by atoms with van der Waals surface area (Å²) < 4.78 is 0. The van der Waals surface area contributed by atoms with Gasteiger partial charge >= 0.3 is 0 Å². The van der Waals surface area contributed by atoms with Crippen LogP contribution in [-0.4, -0.2) is 42.4 Å². The maximum Gasteiger partial charge on any atom is 0.227 e. The number of nitrogens with one attached hydrogen (secondary N) is 1. The van der Waals surface area contributed by atoms with Crippen molar-refractivity contribution in [1.82, 2.24) is 10.2 Å². The molecule has 1 aromatic carbocycles. The van der Waals surface area contributed by atoms with Crippen LogP contribution in [-0.2, 0) is 16.0 Å². The maximum atomic E-state index is 12.8. The molecular weight excluding hydrogens is 302 g/mol. The van der Waals surface area contributed by atoms with Gasteiger partial charge in [0.25, 0.3) is 0 Å². The van der Waals surface area contributed by atoms with Crippen molar-refractivity contribution in [2.45, 2.75) is 52.0 Å². The zero-order valence-electron chi connectivity index (χ0n) is 14.8. The second-order valence-corrected chi connectivity index (χ2v) is 6.69. The number of hydrogen-bond donors (Lipinski definition) is 2. The molecule has 0 saturated carbocycles. The lowest BCUT2D eigenvalue weighted by Crippen LogP contribution is -2.50. The number of benzene rings is 1. The van der Waals surface area contributed by atoms with Crippen LogP contribution < -0.4 is 11.1 Å². The standard InChI is InChI=1S/C19H29N3O2/c1-14-6-7-15(2)16(11-14)12-19(24)22-10-4-3-5-17(22)13-21-18(23)8-9-20/h6-7,11,17H,3-5,8-10,12-13,20H2,1-2H3,(H,21,23). The third-order valence-electron chi connectivity index (χ3n) is 4.70. The molecule has 1 saturated heterocycles. The molecule has 1 aliphatic heterocycles. The summed E-state index contributed by atoms with van der Waals surface area (Å²) in [5, 5.41) is 2.91. The van der Waals surface area contributed by atoms with Crippen molar-refractivity contribution < 1.29 is 9.59 Å². The normalized spacial score (nSPS) is 17.6. The Kier molecular flexibility index (Phi) is 6.79. The van der Waals surface area contributed by atoms with Crippen LogP contribution in [0, 0.1) is 13.8 Å². The van der Waals surface area contributed by atoms with Gasteiger partial charge in [-0.05, 0) is 44.2 Å². The van der Waals surface area contributed by atoms with E-state index in [-0.39, 0.29) is 17.9 Å². The summed E-state index contributed by atoms with van der Waals surface area (Å²) in [6.07, 6.45) is 3.85. The number of carbonyl (C=O) groups excluding carboxylic acids is 2. The highest BCUT2D eigenvalue weighted by Gasteiger charge is 2.27. The summed E-state index contributed by atoms with van der Waals surface area (Å²) in [6.45, 7) is 5.75. The van der Waals surface area contributed by atoms with Gasteiger partial charge in [0, 0.05) is 32.1 Å². The molecule has 0 bridgehead atoms. The van der Waals surface area contributed by atoms with Gasteiger partial charge in [0.05, 0.1) is 6.42 Å². The third kappa shape index (κ3) is 5.06. The second kappa shape index (κ2) is 8.83. The first kappa shape index (κ1) is 18.5. The number of amides is 2. The van der Waals surface area contributed by atoms with Crippen LogP contribution in [0.4, 0.5) is 0 Å². The monoisotopic (exact) mass is 331 g/mol. The predicted octanol–water partition coefficient (Wildman–Crippen LogP) is 1.69. The highest BCUT2D eigenvalue weighted by atomic mass is 16.2. The van der Waals surface area contributed by atoms with E-state index in [0.29, 0.717) is 25.9 Å². The molecule has 24 heavy (non-hydrogen) atoms. The molecule has 132 valence electrons. The Balaban J connectivity index is 1.99. The molecular formula is C19H29N3O2. The predicted molar refractivity (Wildman–Crippen MR) is 95.7 cm³/mol. The van der Waals surface area contributed by atoms with Crippen molar-refractivity contribution in [3.8, 4) is 0 Å². The van der Waals surface area contributed by atoms with E-state index in [1.807, 2.05) is 18.7 Å². The zero-order chi connectivity index (χ0) is 17.5. The number of nitrogens with zero attached hydrogens (tertiary/aromatic N) is 1. The number of nitrogens with two attached hydrogens (primary N) is 1. The van der Waals surface area contributed by atoms with Gasteiger partial charge in [-0.2, -0.15) is 0 Å². The van der Waals surface area contributed by atoms with Gasteiger partial charge in [0.1, 0.15) is 0 Å². The van der Waals surface area contributed by atoms with Crippen LogP contribution in [0.1, 0.15) is 42.4 Å². The van der Waals surface area contributed by atoms with Crippen molar-refractivity contribution >= 4 is 11.8 Å². The molecule has 0 spiro atoms. The summed E-state index contributed by atoms with van der Waals surface area (Å²) in [4.78, 5) is 26.4. The van der Waals surface area contributed by atoms with Crippen LogP contribution in [0.15, 0.2) is 18.2 Å². The second-order valence-electron chi connectivity index (χ2n) is 6.69. The summed E-state index contributed by atoms with van der Waals surface area (Å²) >= 11 is 0. The molecule has 0 aliphatic carbocycles. The Hall–Kier alpha value is -1.88. The fourth-order valence-corrected chi connectivity index (χ4v) is 3.25. The van der Waals surface area contributed by atoms with E-state index in [0.717, 1.165) is 36.9 Å². The summed E-state index contributed by atoms with van der Waals surface area (Å²) in [6, 6.07) is 6.33. The summed E-state index contributed by atoms with van der Waals surface area (Å²) in [7, 11) is 0. The lowest BCUT2D eigenvalue weighted by molar-refractivity contribution is -0.134. The molecule has 2 rings (SSSR count). The van der Waals surface area contributed by atoms with E-state index in [1.54, 1.807) is 0 Å². The fourth-order valence-electron chi connectivity index (χ4n) is 3.25. The van der Waals surface area contributed by atoms with Crippen molar-refractivity contribution in [2.24, 2.45) is 5.73 Å². The van der Waals surface area contributed by atoms with Crippen LogP contribution in [0.25, 0.3) is 0 Å². The van der Waals surface area contributed by atoms with Gasteiger partial charge in [0.2, 0.25) is 11.8 Å². The quantitative estimate of drug-likeness (QED) is 0.833. The Morgan fingerprint density at radius 2 is 2.08 bits per heavy atom. The molecule has 1 unspecified atom stereocenters. The van der Waals surface area contributed by atoms with Crippen molar-refractivity contribution in [3.05, 3.63) is 34.9 Å². The molecule has 2 amide bonds. The number of rotatable bonds is 6. The van der Waals surface area contributed by atoms with Crippen molar-refractivity contribution in [3.63, 3.8) is 0 Å². The molecule has 1 atom stereocenters. The molecule has 3 N–H and O–H groups in total. The first-order valence-corrected chi connectivity index (χ1v) is 8.83. The average molecular weight is 331 g/mol. The molecule has 1 fully saturated rings. The highest BCUT2D eigenvalue weighted by molar-refractivity contribution is 5.80. The minimum absolute atomic E-state index is 0.0370. The van der Waals surface area contributed by atoms with Crippen molar-refractivity contribution in [2.75, 3.05) is 19.6 Å². The van der Waals surface area contributed by atoms with Gasteiger partial charge in [-0.1, -0.05) is 23.8 Å². The average Bonchev–Trinajstić information content (AvgIpc) is 2.57. The molecule has 1 aliphatic rings. The van der Waals surface area contributed by atoms with Gasteiger partial charge in [0.15, 0.2) is 0 Å². The smallest absolute Gasteiger partial charge is 0.227 e. The first-order chi connectivity index (χ1) is 11.5. The van der Waals surface area contributed by atoms with Gasteiger partial charge in [-0.15, -0.1) is 0 Å². The third-order valence-corrected chi connectivity index (χ3v) is 4.70. The fraction of sp³-hybridized carbons (Fsp3) is 0.579. The number of carbonyl (C=O) groups is 2. The SMILES string of the molecule is Cc1ccc(C)c(CC(=O)N2CCCCC2CNC(=O)CCN)c1. The number of hydrogen-bond acceptors (Lipinski definition) is 3. The van der Waals surface area contributed by atoms with Crippen LogP contribution in [0.5, 0.6) is 0 Å². The molecule has 1 aromatic rings. The van der Waals surface area contributed by atoms with E-state index in [9.17, 15) is 9.59 Å². The Morgan fingerprint density at radius 3 is 2.83 bits per heavy atom. The number of likely N-dealkylation sites (tertiary alicyclic amines) is 1. The minimum atomic E-state index is -0.0370. The largest absolute Gasteiger partial charge is 0.354 e. The van der Waals surface area contributed by atoms with Gasteiger partial charge in [-0.25, -0.2) is 0 Å². The zero-order valence-corrected chi connectivity index (χ0v) is 14.8. The van der Waals surface area contributed by atoms with Gasteiger partial charge in [-0.3, -0.25) is 9.59 Å².